The van der Waals surface area contributed by atoms with E-state index in [-0.39, 0.29) is 29.7 Å². The molecule has 1 heterocycles. The van der Waals surface area contributed by atoms with E-state index in [0.29, 0.717) is 5.56 Å². The molecule has 290 valence electrons. The third-order valence-electron chi connectivity index (χ3n) is 12.3. The van der Waals surface area contributed by atoms with Crippen LogP contribution in [0, 0.1) is 16.7 Å². The minimum absolute atomic E-state index is 0.0452. The molecular formula is C40H47NO13. The Bertz CT molecular complexity index is 1860. The maximum atomic E-state index is 14.9. The maximum Gasteiger partial charge on any atom is 0.338 e. The van der Waals surface area contributed by atoms with Crippen LogP contribution < -0.4 is 5.32 Å². The number of carbonyl (C=O) groups is 5. The van der Waals surface area contributed by atoms with Crippen LogP contribution in [0.15, 0.2) is 71.8 Å². The Balaban J connectivity index is 1.52. The maximum absolute atomic E-state index is 14.9. The highest BCUT2D eigenvalue weighted by Gasteiger charge is 2.78. The number of hydrogen-bond acceptors (Lipinski definition) is 13. The number of carbonyl (C=O) groups excluding carboxylic acids is 5. The normalized spacial score (nSPS) is 35.0. The van der Waals surface area contributed by atoms with E-state index in [1.165, 1.54) is 32.9 Å². The molecule has 1 saturated heterocycles. The lowest BCUT2D eigenvalue weighted by Crippen LogP contribution is -2.81. The lowest BCUT2D eigenvalue weighted by Gasteiger charge is -2.67. The molecule has 14 nitrogen and oxygen atoms in total. The molecule has 0 radical (unpaired) electrons. The zero-order chi connectivity index (χ0) is 39.5. The number of fused-ring (bicyclic) bond motifs is 5. The van der Waals surface area contributed by atoms with Crippen LogP contribution in [-0.4, -0.2) is 104 Å². The van der Waals surface area contributed by atoms with Gasteiger partial charge in [0.2, 0.25) is 5.91 Å². The second kappa shape index (κ2) is 14.0. The molecule has 11 atom stereocenters. The predicted molar refractivity (Wildman–Crippen MR) is 188 cm³/mol. The monoisotopic (exact) mass is 749 g/mol. The van der Waals surface area contributed by atoms with Gasteiger partial charge in [-0.1, -0.05) is 62.4 Å². The van der Waals surface area contributed by atoms with E-state index >= 15 is 0 Å². The van der Waals surface area contributed by atoms with Crippen molar-refractivity contribution in [3.8, 4) is 0 Å². The Hall–Kier alpha value is -4.47. The van der Waals surface area contributed by atoms with Gasteiger partial charge in [-0.05, 0) is 42.7 Å². The van der Waals surface area contributed by atoms with Crippen LogP contribution in [0.5, 0.6) is 0 Å². The fourth-order valence-corrected chi connectivity index (χ4v) is 9.34. The first-order valence-corrected chi connectivity index (χ1v) is 17.9. The van der Waals surface area contributed by atoms with Crippen molar-refractivity contribution in [2.45, 2.75) is 108 Å². The summed E-state index contributed by atoms with van der Waals surface area (Å²) in [4.78, 5) is 67.6. The summed E-state index contributed by atoms with van der Waals surface area (Å²) in [7, 11) is 0. The van der Waals surface area contributed by atoms with Gasteiger partial charge >= 0.3 is 17.9 Å². The number of Topliss-reactive ketones (excluding diaryl/α,β-unsaturated/α-hetero) is 1. The molecule has 2 bridgehead atoms. The molecule has 5 N–H and O–H groups in total. The van der Waals surface area contributed by atoms with E-state index in [1.807, 2.05) is 0 Å². The summed E-state index contributed by atoms with van der Waals surface area (Å²) >= 11 is 0. The summed E-state index contributed by atoms with van der Waals surface area (Å²) in [6, 6.07) is 14.9. The number of aliphatic hydroxyl groups is 4. The third kappa shape index (κ3) is 6.04. The van der Waals surface area contributed by atoms with Crippen LogP contribution in [0.2, 0.25) is 0 Å². The molecule has 0 spiro atoms. The average molecular weight is 750 g/mol. The highest BCUT2D eigenvalue weighted by Crippen LogP contribution is 2.64. The summed E-state index contributed by atoms with van der Waals surface area (Å²) in [5.74, 6) is -5.80. The first-order valence-electron chi connectivity index (χ1n) is 17.9. The van der Waals surface area contributed by atoms with Crippen LogP contribution in [0.3, 0.4) is 0 Å². The number of aliphatic hydroxyl groups excluding tert-OH is 3. The number of amides is 1. The van der Waals surface area contributed by atoms with Gasteiger partial charge in [-0.3, -0.25) is 14.4 Å². The average Bonchev–Trinajstić information content (AvgIpc) is 3.12. The second-order valence-corrected chi connectivity index (χ2v) is 15.6. The van der Waals surface area contributed by atoms with Gasteiger partial charge in [0.05, 0.1) is 35.6 Å². The molecule has 0 aromatic heterocycles. The molecule has 6 rings (SSSR count). The minimum atomic E-state index is -2.32. The summed E-state index contributed by atoms with van der Waals surface area (Å²) in [5.41, 5.74) is -7.01. The Labute approximate surface area is 312 Å². The Kier molecular flexibility index (Phi) is 10.2. The topological polar surface area (TPSA) is 215 Å². The standard InChI is InChI=1S/C40H47NO13/c1-20-25(52-36(49)31(46)29(41-21(2)42)23-13-9-7-10-14-23)18-40(50)34(53-35(48)24-15-11-8-12-16-24)32-38(6,33(47)30(45)28(20)37(40,4)5)26(44)17-27-39(32,19-51-27)54-22(3)43/h7-16,25-27,29-32,34,44-46,50H,17-19H2,1-6H3,(H,41,42)/t25?,26?,27?,29?,30?,31?,32?,34?,38-,39?,40?/m1/s1. The molecular weight excluding hydrogens is 702 g/mol. The molecule has 2 aromatic rings. The van der Waals surface area contributed by atoms with E-state index in [0.717, 1.165) is 6.92 Å². The number of ketones is 1. The number of ether oxygens (including phenoxy) is 4. The Morgan fingerprint density at radius 2 is 1.56 bits per heavy atom. The summed E-state index contributed by atoms with van der Waals surface area (Å²) in [6.07, 6.45) is -10.3. The van der Waals surface area contributed by atoms with Crippen molar-refractivity contribution in [3.63, 3.8) is 0 Å². The molecule has 54 heavy (non-hydrogen) atoms. The first-order chi connectivity index (χ1) is 25.3. The fraction of sp³-hybridized carbons (Fsp3) is 0.525. The van der Waals surface area contributed by atoms with Crippen molar-refractivity contribution in [1.82, 2.24) is 5.32 Å². The lowest BCUT2D eigenvalue weighted by atomic mass is 9.44. The molecule has 3 fully saturated rings. The molecule has 1 amide bonds. The minimum Gasteiger partial charge on any atom is -0.456 e. The molecule has 10 unspecified atom stereocenters. The highest BCUT2D eigenvalue weighted by atomic mass is 16.6. The molecule has 2 saturated carbocycles. The van der Waals surface area contributed by atoms with E-state index in [9.17, 15) is 44.4 Å². The number of hydrogen-bond donors (Lipinski definition) is 5. The van der Waals surface area contributed by atoms with Crippen LogP contribution in [0.4, 0.5) is 0 Å². The zero-order valence-corrected chi connectivity index (χ0v) is 31.0. The lowest BCUT2D eigenvalue weighted by molar-refractivity contribution is -0.346. The SMILES string of the molecule is CC(=O)NC(c1ccccc1)C(O)C(=O)OC1CC2(O)C(OC(=O)c3ccccc3)C3C4(OC(C)=O)COC4CC(O)[C@@]3(C)C(=O)C(O)C(=C1C)C2(C)C. The molecule has 14 heteroatoms. The summed E-state index contributed by atoms with van der Waals surface area (Å²) < 4.78 is 24.0. The van der Waals surface area contributed by atoms with Crippen LogP contribution in [0.1, 0.15) is 76.3 Å². The number of benzene rings is 2. The molecule has 3 aliphatic carbocycles. The largest absolute Gasteiger partial charge is 0.456 e. The van der Waals surface area contributed by atoms with Crippen LogP contribution in [0.25, 0.3) is 0 Å². The van der Waals surface area contributed by atoms with Gasteiger partial charge in [0.25, 0.3) is 0 Å². The highest BCUT2D eigenvalue weighted by molar-refractivity contribution is 5.94. The quantitative estimate of drug-likeness (QED) is 0.148. The number of nitrogens with one attached hydrogen (secondary N) is 1. The third-order valence-corrected chi connectivity index (χ3v) is 12.3. The van der Waals surface area contributed by atoms with Crippen molar-refractivity contribution in [2.24, 2.45) is 16.7 Å². The van der Waals surface area contributed by atoms with E-state index < -0.39 is 107 Å². The van der Waals surface area contributed by atoms with Gasteiger partial charge in [0.1, 0.15) is 30.0 Å². The van der Waals surface area contributed by atoms with Gasteiger partial charge in [-0.15, -0.1) is 0 Å². The van der Waals surface area contributed by atoms with Gasteiger partial charge in [-0.25, -0.2) is 9.59 Å². The van der Waals surface area contributed by atoms with Gasteiger partial charge < -0.3 is 44.7 Å². The van der Waals surface area contributed by atoms with E-state index in [1.54, 1.807) is 62.4 Å². The summed E-state index contributed by atoms with van der Waals surface area (Å²) in [6.45, 7) is 8.11. The second-order valence-electron chi connectivity index (χ2n) is 15.6. The van der Waals surface area contributed by atoms with E-state index in [2.05, 4.69) is 5.32 Å². The van der Waals surface area contributed by atoms with Gasteiger partial charge in [-0.2, -0.15) is 0 Å². The van der Waals surface area contributed by atoms with Gasteiger partial charge in [0, 0.05) is 32.1 Å². The van der Waals surface area contributed by atoms with Crippen molar-refractivity contribution in [3.05, 3.63) is 82.9 Å². The van der Waals surface area contributed by atoms with Crippen molar-refractivity contribution < 1.29 is 63.3 Å². The van der Waals surface area contributed by atoms with Crippen molar-refractivity contribution in [2.75, 3.05) is 6.61 Å². The van der Waals surface area contributed by atoms with Crippen molar-refractivity contribution >= 4 is 29.6 Å². The molecule has 4 aliphatic rings. The molecule has 1 aliphatic heterocycles. The molecule has 2 aromatic carbocycles. The first kappa shape index (κ1) is 39.2. The predicted octanol–water partition coefficient (Wildman–Crippen LogP) is 1.87. The Morgan fingerprint density at radius 3 is 2.11 bits per heavy atom. The smallest absolute Gasteiger partial charge is 0.338 e. The summed E-state index contributed by atoms with van der Waals surface area (Å²) in [5, 5.41) is 51.1. The fourth-order valence-electron chi connectivity index (χ4n) is 9.34. The Morgan fingerprint density at radius 1 is 0.944 bits per heavy atom. The number of rotatable bonds is 8. The van der Waals surface area contributed by atoms with Crippen LogP contribution in [-0.2, 0) is 38.1 Å². The van der Waals surface area contributed by atoms with E-state index in [4.69, 9.17) is 18.9 Å². The number of esters is 3. The van der Waals surface area contributed by atoms with Crippen LogP contribution >= 0.6 is 0 Å². The van der Waals surface area contributed by atoms with Crippen molar-refractivity contribution in [1.29, 1.82) is 0 Å². The zero-order valence-electron chi connectivity index (χ0n) is 31.0. The van der Waals surface area contributed by atoms with Gasteiger partial charge in [0.15, 0.2) is 17.5 Å².